The molecular weight excluding hydrogens is 110 g/mol. The highest BCUT2D eigenvalue weighted by Crippen LogP contribution is 1.81. The highest BCUT2D eigenvalue weighted by molar-refractivity contribution is 7.78. The van der Waals surface area contributed by atoms with E-state index >= 15 is 0 Å². The van der Waals surface area contributed by atoms with E-state index in [0.29, 0.717) is 5.70 Å². The number of thiocarbonyl (C=S) groups is 1. The Kier molecular flexibility index (Phi) is 3.07. The van der Waals surface area contributed by atoms with Gasteiger partial charge in [0.15, 0.2) is 0 Å². The molecule has 7 heavy (non-hydrogen) atoms. The Morgan fingerprint density at radius 1 is 1.86 bits per heavy atom. The lowest BCUT2D eigenvalue weighted by atomic mass is 10.6. The fourth-order valence-electron chi connectivity index (χ4n) is 0.0913. The second-order valence-corrected chi connectivity index (χ2v) is 1.09. The summed E-state index contributed by atoms with van der Waals surface area (Å²) in [4.78, 5) is 12.5. The maximum absolute atomic E-state index is 9.38. The van der Waals surface area contributed by atoms with Crippen molar-refractivity contribution < 1.29 is 4.79 Å². The molecule has 0 aromatic carbocycles. The third kappa shape index (κ3) is 3.07. The van der Waals surface area contributed by atoms with E-state index in [1.54, 1.807) is 6.92 Å². The first-order valence-corrected chi connectivity index (χ1v) is 2.01. The summed E-state index contributed by atoms with van der Waals surface area (Å²) in [6.45, 7) is 1.58. The molecule has 2 nitrogen and oxygen atoms in total. The van der Waals surface area contributed by atoms with Crippen molar-refractivity contribution in [3.8, 4) is 0 Å². The molecule has 0 spiro atoms. The van der Waals surface area contributed by atoms with E-state index in [9.17, 15) is 4.79 Å². The quantitative estimate of drug-likeness (QED) is 0.286. The third-order valence-corrected chi connectivity index (χ3v) is 0.656. The number of nitrogens with zero attached hydrogens (tertiary/aromatic N) is 1. The van der Waals surface area contributed by atoms with Gasteiger partial charge < -0.3 is 0 Å². The molecule has 0 saturated carbocycles. The SMILES string of the molecule is CC(=C=S)N=C=O. The van der Waals surface area contributed by atoms with Crippen LogP contribution in [-0.4, -0.2) is 11.1 Å². The number of aliphatic imine (C=N–C) groups is 1. The molecule has 0 aliphatic carbocycles. The topological polar surface area (TPSA) is 29.4 Å². The van der Waals surface area contributed by atoms with Crippen LogP contribution in [0.1, 0.15) is 6.92 Å². The maximum Gasteiger partial charge on any atom is 0.240 e. The number of isocyanates is 1. The normalized spacial score (nSPS) is 5.86. The number of hydrogen-bond acceptors (Lipinski definition) is 3. The lowest BCUT2D eigenvalue weighted by molar-refractivity contribution is 0.565. The average Bonchev–Trinajstić information content (AvgIpc) is 1.68. The molecule has 0 aliphatic rings. The standard InChI is InChI=1S/C4H3NOS/c1-4(2-7)5-3-6/h1H3. The van der Waals surface area contributed by atoms with Crippen molar-refractivity contribution in [2.45, 2.75) is 6.92 Å². The van der Waals surface area contributed by atoms with Crippen LogP contribution in [0.4, 0.5) is 0 Å². The van der Waals surface area contributed by atoms with Gasteiger partial charge in [-0.25, -0.2) is 4.79 Å². The van der Waals surface area contributed by atoms with Gasteiger partial charge in [-0.1, -0.05) is 0 Å². The molecule has 3 heteroatoms. The maximum atomic E-state index is 9.38. The first kappa shape index (κ1) is 6.25. The molecule has 0 atom stereocenters. The summed E-state index contributed by atoms with van der Waals surface area (Å²) in [5, 5.41) is 2.24. The number of carbonyl (C=O) groups excluding carboxylic acids is 1. The molecule has 0 bridgehead atoms. The summed E-state index contributed by atoms with van der Waals surface area (Å²) < 4.78 is 0. The summed E-state index contributed by atoms with van der Waals surface area (Å²) in [5.41, 5.74) is 0.394. The first-order chi connectivity index (χ1) is 3.31. The Balaban J connectivity index is 4.10. The minimum absolute atomic E-state index is 0.394. The molecule has 0 aromatic heterocycles. The number of hydrogen-bond donors (Lipinski definition) is 0. The highest BCUT2D eigenvalue weighted by atomic mass is 32.1. The molecule has 0 unspecified atom stereocenters. The second-order valence-electron chi connectivity index (χ2n) is 0.891. The molecule has 0 aromatic rings. The Hall–Kier alpha value is -0.750. The Morgan fingerprint density at radius 3 is 2.57 bits per heavy atom. The molecular formula is C4H3NOS. The van der Waals surface area contributed by atoms with Crippen molar-refractivity contribution in [3.63, 3.8) is 0 Å². The van der Waals surface area contributed by atoms with Gasteiger partial charge in [0.25, 0.3) is 0 Å². The van der Waals surface area contributed by atoms with Crippen molar-refractivity contribution in [1.82, 2.24) is 0 Å². The average molecular weight is 113 g/mol. The Labute approximate surface area is 46.6 Å². The second kappa shape index (κ2) is 3.44. The van der Waals surface area contributed by atoms with E-state index in [1.807, 2.05) is 0 Å². The van der Waals surface area contributed by atoms with E-state index in [0.717, 1.165) is 0 Å². The van der Waals surface area contributed by atoms with E-state index in [4.69, 9.17) is 0 Å². The molecule has 0 rings (SSSR count). The zero-order chi connectivity index (χ0) is 5.70. The summed E-state index contributed by atoms with van der Waals surface area (Å²) >= 11 is 4.28. The molecule has 0 fully saturated rings. The first-order valence-electron chi connectivity index (χ1n) is 1.61. The lowest BCUT2D eigenvalue weighted by Gasteiger charge is -1.69. The van der Waals surface area contributed by atoms with E-state index in [-0.39, 0.29) is 0 Å². The van der Waals surface area contributed by atoms with Crippen molar-refractivity contribution in [2.24, 2.45) is 4.99 Å². The van der Waals surface area contributed by atoms with Crippen LogP contribution >= 0.6 is 12.2 Å². The van der Waals surface area contributed by atoms with Gasteiger partial charge in [-0.15, -0.1) is 0 Å². The van der Waals surface area contributed by atoms with Gasteiger partial charge >= 0.3 is 0 Å². The van der Waals surface area contributed by atoms with Gasteiger partial charge in [-0.2, -0.15) is 4.99 Å². The fourth-order valence-corrected chi connectivity index (χ4v) is 0.137. The Bertz CT molecular complexity index is 151. The van der Waals surface area contributed by atoms with E-state index in [1.165, 1.54) is 6.08 Å². The van der Waals surface area contributed by atoms with Gasteiger partial charge in [-0.3, -0.25) is 0 Å². The Morgan fingerprint density at radius 2 is 2.43 bits per heavy atom. The molecule has 0 heterocycles. The molecule has 0 aliphatic heterocycles. The van der Waals surface area contributed by atoms with Crippen LogP contribution in [0.15, 0.2) is 10.7 Å². The number of rotatable bonds is 1. The molecule has 0 N–H and O–H groups in total. The number of allylic oxidation sites excluding steroid dienone is 1. The van der Waals surface area contributed by atoms with Crippen LogP contribution in [0.25, 0.3) is 0 Å². The monoisotopic (exact) mass is 113 g/mol. The molecule has 0 amide bonds. The van der Waals surface area contributed by atoms with Crippen LogP contribution < -0.4 is 0 Å². The van der Waals surface area contributed by atoms with Crippen molar-refractivity contribution in [3.05, 3.63) is 5.70 Å². The smallest absolute Gasteiger partial charge is 0.211 e. The van der Waals surface area contributed by atoms with Gasteiger partial charge in [-0.05, 0) is 24.2 Å². The summed E-state index contributed by atoms with van der Waals surface area (Å²) in [5.74, 6) is 0. The molecule has 0 radical (unpaired) electrons. The zero-order valence-electron chi connectivity index (χ0n) is 3.76. The predicted molar refractivity (Wildman–Crippen MR) is 29.9 cm³/mol. The van der Waals surface area contributed by atoms with Gasteiger partial charge in [0.1, 0.15) is 5.70 Å². The summed E-state index contributed by atoms with van der Waals surface area (Å²) in [6, 6.07) is 0. The van der Waals surface area contributed by atoms with Gasteiger partial charge in [0.2, 0.25) is 6.08 Å². The fraction of sp³-hybridized carbons (Fsp3) is 0.250. The van der Waals surface area contributed by atoms with Crippen LogP contribution in [0.5, 0.6) is 0 Å². The third-order valence-electron chi connectivity index (χ3n) is 0.361. The predicted octanol–water partition coefficient (Wildman–Crippen LogP) is 0.825. The van der Waals surface area contributed by atoms with Gasteiger partial charge in [0.05, 0.1) is 0 Å². The van der Waals surface area contributed by atoms with Crippen LogP contribution in [0.3, 0.4) is 0 Å². The molecule has 0 saturated heterocycles. The molecule has 36 valence electrons. The van der Waals surface area contributed by atoms with Crippen LogP contribution in [0, 0.1) is 0 Å². The largest absolute Gasteiger partial charge is 0.240 e. The van der Waals surface area contributed by atoms with E-state index < -0.39 is 0 Å². The minimum atomic E-state index is 0.394. The van der Waals surface area contributed by atoms with Crippen molar-refractivity contribution in [1.29, 1.82) is 0 Å². The van der Waals surface area contributed by atoms with Crippen molar-refractivity contribution in [2.75, 3.05) is 0 Å². The van der Waals surface area contributed by atoms with E-state index in [2.05, 4.69) is 22.2 Å². The van der Waals surface area contributed by atoms with Gasteiger partial charge in [0, 0.05) is 0 Å². The zero-order valence-corrected chi connectivity index (χ0v) is 4.58. The lowest BCUT2D eigenvalue weighted by Crippen LogP contribution is -1.62. The summed E-state index contributed by atoms with van der Waals surface area (Å²) in [7, 11) is 0. The summed E-state index contributed by atoms with van der Waals surface area (Å²) in [6.07, 6.45) is 1.33. The highest BCUT2D eigenvalue weighted by Gasteiger charge is 1.71. The van der Waals surface area contributed by atoms with Crippen LogP contribution in [0.2, 0.25) is 0 Å². The minimum Gasteiger partial charge on any atom is -0.211 e. The van der Waals surface area contributed by atoms with Crippen molar-refractivity contribution >= 4 is 23.3 Å². The van der Waals surface area contributed by atoms with Crippen LogP contribution in [-0.2, 0) is 4.79 Å².